The van der Waals surface area contributed by atoms with Gasteiger partial charge in [0.15, 0.2) is 0 Å². The average molecular weight is 348 g/mol. The molecule has 0 aromatic heterocycles. The molecule has 0 atom stereocenters. The van der Waals surface area contributed by atoms with Crippen LogP contribution in [0.25, 0.3) is 0 Å². The number of sulfonamides is 1. The van der Waals surface area contributed by atoms with Crippen molar-refractivity contribution in [3.63, 3.8) is 0 Å². The third-order valence-electron chi connectivity index (χ3n) is 3.52. The number of hydrogen-bond donors (Lipinski definition) is 2. The molecule has 0 amide bonds. The Bertz CT molecular complexity index is 978. The van der Waals surface area contributed by atoms with Gasteiger partial charge in [0.1, 0.15) is 11.9 Å². The van der Waals surface area contributed by atoms with Crippen molar-refractivity contribution in [2.45, 2.75) is 18.7 Å². The van der Waals surface area contributed by atoms with Gasteiger partial charge in [0.25, 0.3) is 10.0 Å². The van der Waals surface area contributed by atoms with Crippen molar-refractivity contribution in [3.05, 3.63) is 58.4 Å². The summed E-state index contributed by atoms with van der Waals surface area (Å²) >= 11 is 0. The van der Waals surface area contributed by atoms with Gasteiger partial charge in [-0.1, -0.05) is 0 Å². The number of anilines is 1. The van der Waals surface area contributed by atoms with Crippen LogP contribution in [0.15, 0.2) is 35.2 Å². The van der Waals surface area contributed by atoms with E-state index >= 15 is 0 Å². The molecule has 0 heterocycles. The molecule has 0 aliphatic heterocycles. The minimum absolute atomic E-state index is 0.00283. The maximum absolute atomic E-state index is 13.3. The molecule has 6 nitrogen and oxygen atoms in total. The van der Waals surface area contributed by atoms with E-state index < -0.39 is 21.8 Å². The van der Waals surface area contributed by atoms with E-state index in [0.717, 1.165) is 18.2 Å². The fraction of sp³-hybridized carbons (Fsp3) is 0.125. The second-order valence-electron chi connectivity index (χ2n) is 5.13. The lowest BCUT2D eigenvalue weighted by Crippen LogP contribution is -2.15. The predicted molar refractivity (Wildman–Crippen MR) is 84.8 cm³/mol. The summed E-state index contributed by atoms with van der Waals surface area (Å²) in [6.07, 6.45) is 0. The number of carboxylic acids is 1. The third kappa shape index (κ3) is 3.36. The highest BCUT2D eigenvalue weighted by atomic mass is 32.2. The van der Waals surface area contributed by atoms with Crippen LogP contribution < -0.4 is 4.72 Å². The van der Waals surface area contributed by atoms with Crippen molar-refractivity contribution in [1.82, 2.24) is 0 Å². The number of nitrogens with one attached hydrogen (secondary N) is 1. The molecular formula is C16H13FN2O4S. The standard InChI is InChI=1S/C16H13FN2O4S/c1-9-5-13(7-14(10(9)2)16(20)21)24(22,23)19-12-3-4-15(17)11(6-12)8-18/h3-7,19H,1-2H3,(H,20,21). The molecule has 24 heavy (non-hydrogen) atoms. The Hall–Kier alpha value is -2.92. The Morgan fingerprint density at radius 3 is 2.50 bits per heavy atom. The zero-order chi connectivity index (χ0) is 18.1. The van der Waals surface area contributed by atoms with Gasteiger partial charge in [-0.3, -0.25) is 4.72 Å². The van der Waals surface area contributed by atoms with Crippen molar-refractivity contribution in [2.24, 2.45) is 0 Å². The van der Waals surface area contributed by atoms with Crippen LogP contribution in [-0.2, 0) is 10.0 Å². The quantitative estimate of drug-likeness (QED) is 0.883. The number of benzene rings is 2. The van der Waals surface area contributed by atoms with E-state index in [4.69, 9.17) is 5.26 Å². The lowest BCUT2D eigenvalue weighted by molar-refractivity contribution is 0.0695. The minimum Gasteiger partial charge on any atom is -0.478 e. The highest BCUT2D eigenvalue weighted by Crippen LogP contribution is 2.23. The minimum atomic E-state index is -4.09. The van der Waals surface area contributed by atoms with Crippen LogP contribution in [-0.4, -0.2) is 19.5 Å². The summed E-state index contributed by atoms with van der Waals surface area (Å²) in [5.41, 5.74) is 0.554. The summed E-state index contributed by atoms with van der Waals surface area (Å²) in [5, 5.41) is 18.0. The molecule has 2 N–H and O–H groups in total. The number of aromatic carboxylic acids is 1. The second kappa shape index (κ2) is 6.29. The van der Waals surface area contributed by atoms with Crippen molar-refractivity contribution < 1.29 is 22.7 Å². The van der Waals surface area contributed by atoms with Gasteiger partial charge in [0.05, 0.1) is 21.7 Å². The molecular weight excluding hydrogens is 335 g/mol. The van der Waals surface area contributed by atoms with E-state index in [-0.39, 0.29) is 21.7 Å². The first-order chi connectivity index (χ1) is 11.2. The third-order valence-corrected chi connectivity index (χ3v) is 4.88. The first-order valence-corrected chi connectivity index (χ1v) is 8.21. The molecule has 2 aromatic carbocycles. The first kappa shape index (κ1) is 17.4. The van der Waals surface area contributed by atoms with Crippen LogP contribution in [0.3, 0.4) is 0 Å². The van der Waals surface area contributed by atoms with Crippen LogP contribution in [0.4, 0.5) is 10.1 Å². The Morgan fingerprint density at radius 2 is 1.92 bits per heavy atom. The Kier molecular flexibility index (Phi) is 4.57. The SMILES string of the molecule is Cc1cc(S(=O)(=O)Nc2ccc(F)c(C#N)c2)cc(C(=O)O)c1C. The number of aryl methyl sites for hydroxylation is 1. The number of rotatable bonds is 4. The number of carbonyl (C=O) groups is 1. The smallest absolute Gasteiger partial charge is 0.336 e. The fourth-order valence-electron chi connectivity index (χ4n) is 2.09. The van der Waals surface area contributed by atoms with E-state index in [1.54, 1.807) is 19.9 Å². The molecule has 0 spiro atoms. The zero-order valence-electron chi connectivity index (χ0n) is 12.8. The zero-order valence-corrected chi connectivity index (χ0v) is 13.6. The molecule has 0 saturated carbocycles. The predicted octanol–water partition coefficient (Wildman–Crippen LogP) is 2.81. The van der Waals surface area contributed by atoms with E-state index in [1.165, 1.54) is 12.1 Å². The monoisotopic (exact) mass is 348 g/mol. The molecule has 0 radical (unpaired) electrons. The molecule has 8 heteroatoms. The fourth-order valence-corrected chi connectivity index (χ4v) is 3.25. The molecule has 0 aliphatic rings. The molecule has 0 fully saturated rings. The van der Waals surface area contributed by atoms with Crippen LogP contribution in [0.5, 0.6) is 0 Å². The molecule has 2 rings (SSSR count). The Labute approximate surface area is 138 Å². The molecule has 124 valence electrons. The number of carboxylic acid groups (broad SMARTS) is 1. The lowest BCUT2D eigenvalue weighted by atomic mass is 10.0. The summed E-state index contributed by atoms with van der Waals surface area (Å²) in [6.45, 7) is 3.19. The molecule has 2 aromatic rings. The number of nitrogens with zero attached hydrogens (tertiary/aromatic N) is 1. The molecule has 0 bridgehead atoms. The Morgan fingerprint density at radius 1 is 1.25 bits per heavy atom. The normalized spacial score (nSPS) is 10.9. The molecule has 0 aliphatic carbocycles. The van der Waals surface area contributed by atoms with Crippen molar-refractivity contribution in [1.29, 1.82) is 5.26 Å². The highest BCUT2D eigenvalue weighted by molar-refractivity contribution is 7.92. The maximum Gasteiger partial charge on any atom is 0.336 e. The van der Waals surface area contributed by atoms with Gasteiger partial charge < -0.3 is 5.11 Å². The molecule has 0 saturated heterocycles. The first-order valence-electron chi connectivity index (χ1n) is 6.72. The van der Waals surface area contributed by atoms with Crippen LogP contribution >= 0.6 is 0 Å². The van der Waals surface area contributed by atoms with Gasteiger partial charge in [-0.25, -0.2) is 17.6 Å². The van der Waals surface area contributed by atoms with Crippen LogP contribution in [0.1, 0.15) is 27.0 Å². The Balaban J connectivity index is 2.49. The van der Waals surface area contributed by atoms with Crippen LogP contribution in [0, 0.1) is 31.0 Å². The summed E-state index contributed by atoms with van der Waals surface area (Å²) in [4.78, 5) is 11.0. The summed E-state index contributed by atoms with van der Waals surface area (Å²) in [6, 6.07) is 7.22. The van der Waals surface area contributed by atoms with E-state index in [1.807, 2.05) is 0 Å². The largest absolute Gasteiger partial charge is 0.478 e. The summed E-state index contributed by atoms with van der Waals surface area (Å²) in [7, 11) is -4.09. The average Bonchev–Trinajstić information content (AvgIpc) is 2.51. The van der Waals surface area contributed by atoms with Crippen LogP contribution in [0.2, 0.25) is 0 Å². The van der Waals surface area contributed by atoms with Gasteiger partial charge in [-0.15, -0.1) is 0 Å². The van der Waals surface area contributed by atoms with E-state index in [0.29, 0.717) is 11.1 Å². The summed E-state index contributed by atoms with van der Waals surface area (Å²) < 4.78 is 40.4. The number of nitriles is 1. The maximum atomic E-state index is 13.3. The second-order valence-corrected chi connectivity index (χ2v) is 6.81. The van der Waals surface area contributed by atoms with Gasteiger partial charge >= 0.3 is 5.97 Å². The molecule has 0 unspecified atom stereocenters. The number of hydrogen-bond acceptors (Lipinski definition) is 4. The lowest BCUT2D eigenvalue weighted by Gasteiger charge is -2.12. The van der Waals surface area contributed by atoms with Gasteiger partial charge in [-0.05, 0) is 55.3 Å². The van der Waals surface area contributed by atoms with Crippen molar-refractivity contribution >= 4 is 21.7 Å². The van der Waals surface area contributed by atoms with Crippen molar-refractivity contribution in [3.8, 4) is 6.07 Å². The van der Waals surface area contributed by atoms with Gasteiger partial charge in [0.2, 0.25) is 0 Å². The summed E-state index contributed by atoms with van der Waals surface area (Å²) in [5.74, 6) is -2.00. The topological polar surface area (TPSA) is 107 Å². The highest BCUT2D eigenvalue weighted by Gasteiger charge is 2.20. The van der Waals surface area contributed by atoms with Gasteiger partial charge in [-0.2, -0.15) is 5.26 Å². The van der Waals surface area contributed by atoms with E-state index in [9.17, 15) is 22.7 Å². The van der Waals surface area contributed by atoms with Crippen molar-refractivity contribution in [2.75, 3.05) is 4.72 Å². The van der Waals surface area contributed by atoms with E-state index in [2.05, 4.69) is 4.72 Å². The number of halogens is 1. The van der Waals surface area contributed by atoms with Gasteiger partial charge in [0, 0.05) is 0 Å².